The molecule has 0 amide bonds. The van der Waals surface area contributed by atoms with E-state index in [1.54, 1.807) is 0 Å². The maximum atomic E-state index is 5.86. The highest BCUT2D eigenvalue weighted by Crippen LogP contribution is 2.13. The molecule has 1 aromatic carbocycles. The Morgan fingerprint density at radius 1 is 1.28 bits per heavy atom. The second-order valence-electron chi connectivity index (χ2n) is 4.87. The second kappa shape index (κ2) is 6.11. The molecule has 3 heteroatoms. The number of nitrogens with zero attached hydrogens (tertiary/aromatic N) is 1. The second-order valence-corrected chi connectivity index (χ2v) is 4.87. The Labute approximate surface area is 110 Å². The number of aliphatic imine (C=N–C) groups is 1. The quantitative estimate of drug-likeness (QED) is 0.487. The van der Waals surface area contributed by atoms with Gasteiger partial charge in [-0.05, 0) is 43.0 Å². The van der Waals surface area contributed by atoms with Crippen molar-refractivity contribution in [3.8, 4) is 12.3 Å². The largest absolute Gasteiger partial charge is 0.370 e. The van der Waals surface area contributed by atoms with Crippen LogP contribution in [-0.4, -0.2) is 12.0 Å². The van der Waals surface area contributed by atoms with Crippen LogP contribution in [0.15, 0.2) is 23.2 Å². The van der Waals surface area contributed by atoms with Gasteiger partial charge in [-0.25, -0.2) is 4.99 Å². The summed E-state index contributed by atoms with van der Waals surface area (Å²) in [5, 5.41) is 3.08. The molecule has 1 rings (SSSR count). The fraction of sp³-hybridized carbons (Fsp3) is 0.400. The number of rotatable bonds is 3. The third-order valence-corrected chi connectivity index (χ3v) is 2.57. The molecule has 0 fully saturated rings. The van der Waals surface area contributed by atoms with Gasteiger partial charge in [-0.3, -0.25) is 0 Å². The molecule has 0 heterocycles. The van der Waals surface area contributed by atoms with Crippen LogP contribution in [0.2, 0.25) is 0 Å². The first-order valence-electron chi connectivity index (χ1n) is 6.07. The predicted molar refractivity (Wildman–Crippen MR) is 78.6 cm³/mol. The molecule has 0 saturated heterocycles. The van der Waals surface area contributed by atoms with E-state index in [0.717, 1.165) is 5.69 Å². The van der Waals surface area contributed by atoms with Crippen molar-refractivity contribution in [2.24, 2.45) is 16.6 Å². The normalized spacial score (nSPS) is 13.2. The van der Waals surface area contributed by atoms with Gasteiger partial charge in [0, 0.05) is 5.69 Å². The lowest BCUT2D eigenvalue weighted by molar-refractivity contribution is 0.586. The van der Waals surface area contributed by atoms with E-state index in [9.17, 15) is 0 Å². The van der Waals surface area contributed by atoms with E-state index in [2.05, 4.69) is 22.3 Å². The molecule has 0 spiro atoms. The van der Waals surface area contributed by atoms with E-state index in [-0.39, 0.29) is 12.0 Å². The van der Waals surface area contributed by atoms with Crippen molar-refractivity contribution in [1.29, 1.82) is 0 Å². The molecule has 0 radical (unpaired) electrons. The minimum atomic E-state index is -0.191. The summed E-state index contributed by atoms with van der Waals surface area (Å²) in [5.41, 5.74) is 9.17. The zero-order valence-corrected chi connectivity index (χ0v) is 11.5. The Morgan fingerprint density at radius 3 is 2.28 bits per heavy atom. The monoisotopic (exact) mass is 243 g/mol. The van der Waals surface area contributed by atoms with Gasteiger partial charge in [-0.2, -0.15) is 0 Å². The molecular formula is C15H21N3. The summed E-state index contributed by atoms with van der Waals surface area (Å²) < 4.78 is 0. The van der Waals surface area contributed by atoms with Gasteiger partial charge in [0.15, 0.2) is 5.96 Å². The highest BCUT2D eigenvalue weighted by molar-refractivity contribution is 5.92. The average molecular weight is 243 g/mol. The number of anilines is 1. The molecule has 1 unspecified atom stereocenters. The van der Waals surface area contributed by atoms with Crippen LogP contribution in [0, 0.1) is 32.1 Å². The van der Waals surface area contributed by atoms with Crippen molar-refractivity contribution >= 4 is 11.6 Å². The first-order chi connectivity index (χ1) is 8.42. The average Bonchev–Trinajstić information content (AvgIpc) is 2.23. The van der Waals surface area contributed by atoms with E-state index in [4.69, 9.17) is 12.2 Å². The van der Waals surface area contributed by atoms with Crippen molar-refractivity contribution in [3.63, 3.8) is 0 Å². The van der Waals surface area contributed by atoms with Crippen molar-refractivity contribution in [3.05, 3.63) is 29.3 Å². The molecule has 3 N–H and O–H groups in total. The molecule has 0 aliphatic heterocycles. The SMILES string of the molecule is C#CC(N=C(N)Nc1cc(C)cc(C)c1)C(C)C. The lowest BCUT2D eigenvalue weighted by Crippen LogP contribution is -2.26. The van der Waals surface area contributed by atoms with Crippen LogP contribution in [0.4, 0.5) is 5.69 Å². The van der Waals surface area contributed by atoms with Crippen LogP contribution in [0.3, 0.4) is 0 Å². The molecule has 18 heavy (non-hydrogen) atoms. The highest BCUT2D eigenvalue weighted by Gasteiger charge is 2.08. The summed E-state index contributed by atoms with van der Waals surface area (Å²) in [7, 11) is 0. The van der Waals surface area contributed by atoms with Gasteiger partial charge >= 0.3 is 0 Å². The van der Waals surface area contributed by atoms with Gasteiger partial charge in [0.25, 0.3) is 0 Å². The van der Waals surface area contributed by atoms with E-state index in [0.29, 0.717) is 5.96 Å². The van der Waals surface area contributed by atoms with Crippen LogP contribution in [0.1, 0.15) is 25.0 Å². The fourth-order valence-electron chi connectivity index (χ4n) is 1.76. The topological polar surface area (TPSA) is 50.4 Å². The smallest absolute Gasteiger partial charge is 0.194 e. The van der Waals surface area contributed by atoms with Gasteiger partial charge in [0.05, 0.1) is 0 Å². The molecule has 1 atom stereocenters. The summed E-state index contributed by atoms with van der Waals surface area (Å²) in [5.74, 6) is 3.26. The molecule has 0 saturated carbocycles. The first kappa shape index (κ1) is 14.1. The van der Waals surface area contributed by atoms with Gasteiger partial charge in [0.2, 0.25) is 0 Å². The van der Waals surface area contributed by atoms with E-state index in [1.165, 1.54) is 11.1 Å². The lowest BCUT2D eigenvalue weighted by Gasteiger charge is -2.12. The fourth-order valence-corrected chi connectivity index (χ4v) is 1.76. The molecule has 0 aromatic heterocycles. The molecule has 0 aliphatic rings. The Hall–Kier alpha value is -1.95. The van der Waals surface area contributed by atoms with Crippen LogP contribution in [0.5, 0.6) is 0 Å². The van der Waals surface area contributed by atoms with Crippen molar-refractivity contribution in [2.75, 3.05) is 5.32 Å². The number of guanidine groups is 1. The minimum absolute atomic E-state index is 0.191. The molecule has 1 aromatic rings. The third-order valence-electron chi connectivity index (χ3n) is 2.57. The van der Waals surface area contributed by atoms with Crippen molar-refractivity contribution < 1.29 is 0 Å². The van der Waals surface area contributed by atoms with Gasteiger partial charge in [-0.1, -0.05) is 25.8 Å². The number of nitrogens with two attached hydrogens (primary N) is 1. The van der Waals surface area contributed by atoms with Gasteiger partial charge in [0.1, 0.15) is 6.04 Å². The zero-order valence-electron chi connectivity index (χ0n) is 11.5. The van der Waals surface area contributed by atoms with Crippen LogP contribution in [-0.2, 0) is 0 Å². The molecular weight excluding hydrogens is 222 g/mol. The Kier molecular flexibility index (Phi) is 4.79. The molecule has 3 nitrogen and oxygen atoms in total. The lowest BCUT2D eigenvalue weighted by atomic mass is 10.1. The number of terminal acetylenes is 1. The van der Waals surface area contributed by atoms with Crippen LogP contribution < -0.4 is 11.1 Å². The molecule has 0 bridgehead atoms. The summed E-state index contributed by atoms with van der Waals surface area (Å²) in [6.45, 7) is 8.14. The minimum Gasteiger partial charge on any atom is -0.370 e. The van der Waals surface area contributed by atoms with E-state index < -0.39 is 0 Å². The summed E-state index contributed by atoms with van der Waals surface area (Å²) in [6.07, 6.45) is 5.42. The van der Waals surface area contributed by atoms with Gasteiger partial charge in [-0.15, -0.1) is 6.42 Å². The number of aryl methyl sites for hydroxylation is 2. The van der Waals surface area contributed by atoms with Crippen LogP contribution >= 0.6 is 0 Å². The van der Waals surface area contributed by atoms with Crippen molar-refractivity contribution in [2.45, 2.75) is 33.7 Å². The maximum absolute atomic E-state index is 5.86. The Balaban J connectivity index is 2.84. The molecule has 0 aliphatic carbocycles. The first-order valence-corrected chi connectivity index (χ1v) is 6.07. The van der Waals surface area contributed by atoms with E-state index in [1.807, 2.05) is 39.8 Å². The number of hydrogen-bond acceptors (Lipinski definition) is 1. The molecule has 96 valence electrons. The third kappa shape index (κ3) is 4.14. The summed E-state index contributed by atoms with van der Waals surface area (Å²) in [6, 6.07) is 5.96. The maximum Gasteiger partial charge on any atom is 0.194 e. The van der Waals surface area contributed by atoms with Crippen LogP contribution in [0.25, 0.3) is 0 Å². The number of nitrogens with one attached hydrogen (secondary N) is 1. The summed E-state index contributed by atoms with van der Waals surface area (Å²) >= 11 is 0. The van der Waals surface area contributed by atoms with Crippen molar-refractivity contribution in [1.82, 2.24) is 0 Å². The highest BCUT2D eigenvalue weighted by atomic mass is 15.1. The number of hydrogen-bond donors (Lipinski definition) is 2. The Morgan fingerprint density at radius 2 is 1.83 bits per heavy atom. The Bertz CT molecular complexity index is 461. The van der Waals surface area contributed by atoms with E-state index >= 15 is 0 Å². The number of benzene rings is 1. The zero-order chi connectivity index (χ0) is 13.7. The summed E-state index contributed by atoms with van der Waals surface area (Å²) in [4.78, 5) is 4.30. The standard InChI is InChI=1S/C15H21N3/c1-6-14(10(2)3)18-15(16)17-13-8-11(4)7-12(5)9-13/h1,7-10,14H,2-5H3,(H3,16,17,18). The van der Waals surface area contributed by atoms with Gasteiger partial charge < -0.3 is 11.1 Å². The predicted octanol–water partition coefficient (Wildman–Crippen LogP) is 2.69.